The van der Waals surface area contributed by atoms with Crippen molar-refractivity contribution in [1.29, 1.82) is 0 Å². The number of benzene rings is 1. The number of aliphatic hydroxyl groups excluding tert-OH is 1. The normalized spacial score (nSPS) is 24.6. The summed E-state index contributed by atoms with van der Waals surface area (Å²) >= 11 is 0. The first kappa shape index (κ1) is 18.9. The maximum absolute atomic E-state index is 12.8. The number of piperidine rings is 2. The molecule has 0 radical (unpaired) electrons. The highest BCUT2D eigenvalue weighted by Gasteiger charge is 2.50. The Morgan fingerprint density at radius 2 is 1.77 bits per heavy atom. The van der Waals surface area contributed by atoms with Crippen LogP contribution in [0.2, 0.25) is 0 Å². The highest BCUT2D eigenvalue weighted by atomic mass is 16.3. The second kappa shape index (κ2) is 6.69. The number of hydrogen-bond donors (Lipinski definition) is 1. The van der Waals surface area contributed by atoms with Gasteiger partial charge in [0.05, 0.1) is 11.6 Å². The Bertz CT molecular complexity index is 705. The predicted octanol–water partition coefficient (Wildman–Crippen LogP) is 2.61. The van der Waals surface area contributed by atoms with Crippen molar-refractivity contribution in [2.24, 2.45) is 5.41 Å². The molecular formula is C21H30N2O3. The van der Waals surface area contributed by atoms with Gasteiger partial charge in [-0.2, -0.15) is 0 Å². The number of aryl methyl sites for hydroxylation is 1. The van der Waals surface area contributed by atoms with E-state index < -0.39 is 11.6 Å². The number of hydrogen-bond acceptors (Lipinski definition) is 3. The maximum atomic E-state index is 12.8. The van der Waals surface area contributed by atoms with Crippen LogP contribution in [0, 0.1) is 12.3 Å². The Labute approximate surface area is 156 Å². The maximum Gasteiger partial charge on any atom is 0.254 e. The summed E-state index contributed by atoms with van der Waals surface area (Å²) in [6, 6.07) is 7.68. The molecule has 1 N–H and O–H groups in total. The summed E-state index contributed by atoms with van der Waals surface area (Å²) in [5.74, 6) is 0.0876. The summed E-state index contributed by atoms with van der Waals surface area (Å²) in [4.78, 5) is 28.7. The average molecular weight is 358 g/mol. The standard InChI is InChI=1S/C21H30N2O3/c1-15-7-5-6-8-17(15)19(26)22-11-9-21(10-12-22)13-18(25)20(3,4)23(14-21)16(2)24/h5-8,18,25H,9-14H2,1-4H3. The minimum atomic E-state index is -0.543. The number of amides is 2. The molecule has 5 heteroatoms. The number of likely N-dealkylation sites (tertiary alicyclic amines) is 2. The zero-order chi connectivity index (χ0) is 19.1. The zero-order valence-corrected chi connectivity index (χ0v) is 16.3. The van der Waals surface area contributed by atoms with Crippen molar-refractivity contribution in [2.45, 2.75) is 58.6 Å². The van der Waals surface area contributed by atoms with Gasteiger partial charge in [0.15, 0.2) is 0 Å². The third-order valence-electron chi connectivity index (χ3n) is 6.50. The van der Waals surface area contributed by atoms with Crippen LogP contribution in [-0.2, 0) is 4.79 Å². The van der Waals surface area contributed by atoms with E-state index in [1.807, 2.05) is 54.8 Å². The molecule has 1 aromatic carbocycles. The summed E-state index contributed by atoms with van der Waals surface area (Å²) in [6.07, 6.45) is 1.79. The van der Waals surface area contributed by atoms with Crippen LogP contribution in [-0.4, -0.2) is 58.0 Å². The molecule has 1 unspecified atom stereocenters. The van der Waals surface area contributed by atoms with E-state index in [4.69, 9.17) is 0 Å². The third kappa shape index (κ3) is 3.25. The van der Waals surface area contributed by atoms with Gasteiger partial charge in [-0.1, -0.05) is 18.2 Å². The number of rotatable bonds is 1. The zero-order valence-electron chi connectivity index (χ0n) is 16.3. The van der Waals surface area contributed by atoms with E-state index in [1.165, 1.54) is 0 Å². The van der Waals surface area contributed by atoms with Crippen molar-refractivity contribution in [2.75, 3.05) is 19.6 Å². The van der Waals surface area contributed by atoms with Crippen LogP contribution in [0.1, 0.15) is 56.0 Å². The van der Waals surface area contributed by atoms with E-state index >= 15 is 0 Å². The van der Waals surface area contributed by atoms with Crippen molar-refractivity contribution in [3.8, 4) is 0 Å². The molecule has 2 heterocycles. The van der Waals surface area contributed by atoms with Crippen LogP contribution >= 0.6 is 0 Å². The average Bonchev–Trinajstić information content (AvgIpc) is 2.59. The molecule has 2 amide bonds. The Morgan fingerprint density at radius 3 is 2.35 bits per heavy atom. The van der Waals surface area contributed by atoms with Crippen molar-refractivity contribution in [3.05, 3.63) is 35.4 Å². The fraction of sp³-hybridized carbons (Fsp3) is 0.619. The lowest BCUT2D eigenvalue weighted by Crippen LogP contribution is -2.64. The van der Waals surface area contributed by atoms with E-state index in [-0.39, 0.29) is 17.2 Å². The van der Waals surface area contributed by atoms with Crippen LogP contribution < -0.4 is 0 Å². The van der Waals surface area contributed by atoms with Crippen molar-refractivity contribution >= 4 is 11.8 Å². The van der Waals surface area contributed by atoms with Crippen LogP contribution in [0.4, 0.5) is 0 Å². The number of carbonyl (C=O) groups excluding carboxylic acids is 2. The number of carbonyl (C=O) groups is 2. The summed E-state index contributed by atoms with van der Waals surface area (Å²) in [7, 11) is 0. The van der Waals surface area contributed by atoms with Gasteiger partial charge >= 0.3 is 0 Å². The van der Waals surface area contributed by atoms with Gasteiger partial charge in [0.1, 0.15) is 0 Å². The van der Waals surface area contributed by atoms with Crippen LogP contribution in [0.25, 0.3) is 0 Å². The Kier molecular flexibility index (Phi) is 4.86. The van der Waals surface area contributed by atoms with Gasteiger partial charge in [0.2, 0.25) is 5.91 Å². The molecule has 1 atom stereocenters. The molecule has 1 aromatic rings. The molecule has 3 rings (SSSR count). The van der Waals surface area contributed by atoms with Gasteiger partial charge in [-0.05, 0) is 57.1 Å². The fourth-order valence-electron chi connectivity index (χ4n) is 4.49. The van der Waals surface area contributed by atoms with Crippen molar-refractivity contribution < 1.29 is 14.7 Å². The number of nitrogens with zero attached hydrogens (tertiary/aromatic N) is 2. The molecule has 0 saturated carbocycles. The first-order valence-electron chi connectivity index (χ1n) is 9.47. The first-order chi connectivity index (χ1) is 12.2. The Balaban J connectivity index is 1.72. The molecule has 2 fully saturated rings. The molecule has 2 aliphatic rings. The third-order valence-corrected chi connectivity index (χ3v) is 6.50. The Hall–Kier alpha value is -1.88. The largest absolute Gasteiger partial charge is 0.391 e. The lowest BCUT2D eigenvalue weighted by Gasteiger charge is -2.55. The summed E-state index contributed by atoms with van der Waals surface area (Å²) in [6.45, 7) is 9.41. The van der Waals surface area contributed by atoms with E-state index in [0.717, 1.165) is 24.0 Å². The lowest BCUT2D eigenvalue weighted by atomic mass is 9.67. The summed E-state index contributed by atoms with van der Waals surface area (Å²) in [5.41, 5.74) is 1.13. The van der Waals surface area contributed by atoms with Crippen LogP contribution in [0.3, 0.4) is 0 Å². The van der Waals surface area contributed by atoms with Gasteiger partial charge in [-0.3, -0.25) is 9.59 Å². The van der Waals surface area contributed by atoms with Crippen molar-refractivity contribution in [1.82, 2.24) is 9.80 Å². The van der Waals surface area contributed by atoms with Gasteiger partial charge < -0.3 is 14.9 Å². The molecule has 26 heavy (non-hydrogen) atoms. The highest BCUT2D eigenvalue weighted by Crippen LogP contribution is 2.45. The molecule has 0 bridgehead atoms. The molecule has 2 aliphatic heterocycles. The first-order valence-corrected chi connectivity index (χ1v) is 9.47. The van der Waals surface area contributed by atoms with Gasteiger partial charge in [0.25, 0.3) is 5.91 Å². The Morgan fingerprint density at radius 1 is 1.15 bits per heavy atom. The number of aliphatic hydroxyl groups is 1. The van der Waals surface area contributed by atoms with Gasteiger partial charge in [-0.25, -0.2) is 0 Å². The van der Waals surface area contributed by atoms with E-state index in [2.05, 4.69) is 0 Å². The molecule has 0 aromatic heterocycles. The second-order valence-corrected chi connectivity index (χ2v) is 8.59. The van der Waals surface area contributed by atoms with Crippen LogP contribution in [0.5, 0.6) is 0 Å². The quantitative estimate of drug-likeness (QED) is 0.839. The van der Waals surface area contributed by atoms with E-state index in [9.17, 15) is 14.7 Å². The minimum Gasteiger partial charge on any atom is -0.391 e. The minimum absolute atomic E-state index is 0.00606. The molecule has 5 nitrogen and oxygen atoms in total. The SMILES string of the molecule is CC(=O)N1CC2(CCN(C(=O)c3ccccc3C)CC2)CC(O)C1(C)C. The van der Waals surface area contributed by atoms with Gasteiger partial charge in [-0.15, -0.1) is 0 Å². The summed E-state index contributed by atoms with van der Waals surface area (Å²) < 4.78 is 0. The van der Waals surface area contributed by atoms with Gasteiger partial charge in [0, 0.05) is 32.1 Å². The second-order valence-electron chi connectivity index (χ2n) is 8.59. The predicted molar refractivity (Wildman–Crippen MR) is 101 cm³/mol. The van der Waals surface area contributed by atoms with E-state index in [0.29, 0.717) is 26.1 Å². The molecule has 142 valence electrons. The topological polar surface area (TPSA) is 60.9 Å². The van der Waals surface area contributed by atoms with Crippen molar-refractivity contribution in [3.63, 3.8) is 0 Å². The molecular weight excluding hydrogens is 328 g/mol. The lowest BCUT2D eigenvalue weighted by molar-refractivity contribution is -0.156. The van der Waals surface area contributed by atoms with E-state index in [1.54, 1.807) is 6.92 Å². The fourth-order valence-corrected chi connectivity index (χ4v) is 4.49. The molecule has 1 spiro atoms. The smallest absolute Gasteiger partial charge is 0.254 e. The molecule has 0 aliphatic carbocycles. The highest BCUT2D eigenvalue weighted by molar-refractivity contribution is 5.95. The summed E-state index contributed by atoms with van der Waals surface area (Å²) in [5, 5.41) is 10.7. The van der Waals surface area contributed by atoms with Crippen LogP contribution in [0.15, 0.2) is 24.3 Å². The molecule has 2 saturated heterocycles. The monoisotopic (exact) mass is 358 g/mol.